The van der Waals surface area contributed by atoms with Gasteiger partial charge in [0.05, 0.1) is 6.67 Å². The molecule has 3 aromatic rings. The second-order valence-electron chi connectivity index (χ2n) is 9.49. The van der Waals surface area contributed by atoms with Crippen molar-refractivity contribution in [2.24, 2.45) is 5.92 Å². The first-order valence-electron chi connectivity index (χ1n) is 12.1. The van der Waals surface area contributed by atoms with Crippen molar-refractivity contribution in [1.29, 1.82) is 0 Å². The molecule has 0 spiro atoms. The zero-order valence-electron chi connectivity index (χ0n) is 19.4. The smallest absolute Gasteiger partial charge is 0.319 e. The van der Waals surface area contributed by atoms with Crippen molar-refractivity contribution in [1.82, 2.24) is 15.1 Å². The van der Waals surface area contributed by atoms with E-state index in [0.29, 0.717) is 19.0 Å². The van der Waals surface area contributed by atoms with Crippen LogP contribution in [0.25, 0.3) is 0 Å². The molecule has 0 radical (unpaired) electrons. The van der Waals surface area contributed by atoms with Gasteiger partial charge in [-0.25, -0.2) is 9.69 Å². The van der Waals surface area contributed by atoms with Crippen LogP contribution in [0, 0.1) is 5.92 Å². The molecule has 0 unspecified atom stereocenters. The fourth-order valence-corrected chi connectivity index (χ4v) is 5.28. The third-order valence-electron chi connectivity index (χ3n) is 7.17. The SMILES string of the molecule is O=C1N[C@](Cc2ccccc2)(c2ccccc2)C(=O)N1CN1CCC(Cc2ccccc2)CC1. The van der Waals surface area contributed by atoms with E-state index < -0.39 is 5.54 Å². The highest BCUT2D eigenvalue weighted by molar-refractivity contribution is 6.07. The first-order chi connectivity index (χ1) is 16.6. The molecule has 1 atom stereocenters. The number of amides is 3. The van der Waals surface area contributed by atoms with Gasteiger partial charge in [0, 0.05) is 19.5 Å². The molecule has 3 aromatic carbocycles. The molecule has 2 fully saturated rings. The molecule has 5 heteroatoms. The molecule has 2 heterocycles. The molecule has 0 aromatic heterocycles. The maximum absolute atomic E-state index is 13.8. The lowest BCUT2D eigenvalue weighted by Gasteiger charge is -2.34. The second kappa shape index (κ2) is 9.82. The molecule has 174 valence electrons. The summed E-state index contributed by atoms with van der Waals surface area (Å²) in [6.45, 7) is 2.13. The fourth-order valence-electron chi connectivity index (χ4n) is 5.28. The molecule has 0 bridgehead atoms. The summed E-state index contributed by atoms with van der Waals surface area (Å²) in [6.07, 6.45) is 3.67. The highest BCUT2D eigenvalue weighted by Gasteiger charge is 2.52. The lowest BCUT2D eigenvalue weighted by atomic mass is 9.83. The van der Waals surface area contributed by atoms with Gasteiger partial charge in [0.1, 0.15) is 0 Å². The molecule has 2 aliphatic heterocycles. The lowest BCUT2D eigenvalue weighted by molar-refractivity contribution is -0.133. The third kappa shape index (κ3) is 4.62. The van der Waals surface area contributed by atoms with Crippen LogP contribution in [0.2, 0.25) is 0 Å². The van der Waals surface area contributed by atoms with E-state index in [1.54, 1.807) is 0 Å². The first-order valence-corrected chi connectivity index (χ1v) is 12.1. The van der Waals surface area contributed by atoms with E-state index in [1.807, 2.05) is 60.7 Å². The molecule has 2 aliphatic rings. The summed E-state index contributed by atoms with van der Waals surface area (Å²) in [5.41, 5.74) is 2.14. The predicted octanol–water partition coefficient (Wildman–Crippen LogP) is 4.59. The minimum Gasteiger partial charge on any atom is -0.319 e. The number of hydrogen-bond acceptors (Lipinski definition) is 3. The first kappa shape index (κ1) is 22.4. The number of carbonyl (C=O) groups is 2. The largest absolute Gasteiger partial charge is 0.326 e. The molecule has 5 rings (SSSR count). The Labute approximate surface area is 201 Å². The highest BCUT2D eigenvalue weighted by Crippen LogP contribution is 2.33. The number of carbonyl (C=O) groups excluding carboxylic acids is 2. The van der Waals surface area contributed by atoms with Crippen LogP contribution in [0.3, 0.4) is 0 Å². The van der Waals surface area contributed by atoms with Crippen molar-refractivity contribution in [2.75, 3.05) is 19.8 Å². The number of imide groups is 1. The summed E-state index contributed by atoms with van der Waals surface area (Å²) < 4.78 is 0. The Balaban J connectivity index is 1.29. The van der Waals surface area contributed by atoms with Gasteiger partial charge in [-0.15, -0.1) is 0 Å². The number of piperidine rings is 1. The molecule has 2 saturated heterocycles. The van der Waals surface area contributed by atoms with Gasteiger partial charge in [-0.2, -0.15) is 0 Å². The predicted molar refractivity (Wildman–Crippen MR) is 133 cm³/mol. The second-order valence-corrected chi connectivity index (χ2v) is 9.49. The van der Waals surface area contributed by atoms with E-state index in [9.17, 15) is 9.59 Å². The average Bonchev–Trinajstić information content (AvgIpc) is 3.12. The van der Waals surface area contributed by atoms with Crippen molar-refractivity contribution in [2.45, 2.75) is 31.2 Å². The Morgan fingerprint density at radius 3 is 1.94 bits per heavy atom. The average molecular weight is 454 g/mol. The Morgan fingerprint density at radius 1 is 0.765 bits per heavy atom. The Hall–Kier alpha value is -3.44. The molecular weight excluding hydrogens is 422 g/mol. The molecule has 1 N–H and O–H groups in total. The van der Waals surface area contributed by atoms with Crippen LogP contribution >= 0.6 is 0 Å². The van der Waals surface area contributed by atoms with Crippen LogP contribution in [-0.2, 0) is 23.2 Å². The summed E-state index contributed by atoms with van der Waals surface area (Å²) >= 11 is 0. The Bertz CT molecular complexity index is 1110. The molecule has 0 saturated carbocycles. The van der Waals surface area contributed by atoms with E-state index in [1.165, 1.54) is 10.5 Å². The Kier molecular flexibility index (Phi) is 6.45. The van der Waals surface area contributed by atoms with Gasteiger partial charge in [0.25, 0.3) is 5.91 Å². The molecular formula is C29H31N3O2. The van der Waals surface area contributed by atoms with E-state index >= 15 is 0 Å². The minimum absolute atomic E-state index is 0.168. The number of benzene rings is 3. The normalized spacial score (nSPS) is 21.6. The van der Waals surface area contributed by atoms with Gasteiger partial charge in [0.2, 0.25) is 0 Å². The highest BCUT2D eigenvalue weighted by atomic mass is 16.2. The van der Waals surface area contributed by atoms with Crippen molar-refractivity contribution < 1.29 is 9.59 Å². The molecule has 0 aliphatic carbocycles. The molecule has 3 amide bonds. The number of urea groups is 1. The van der Waals surface area contributed by atoms with Crippen LogP contribution < -0.4 is 5.32 Å². The number of likely N-dealkylation sites (tertiary alicyclic amines) is 1. The van der Waals surface area contributed by atoms with Gasteiger partial charge in [-0.3, -0.25) is 9.69 Å². The third-order valence-corrected chi connectivity index (χ3v) is 7.17. The maximum atomic E-state index is 13.8. The van der Waals surface area contributed by atoms with E-state index in [2.05, 4.69) is 40.5 Å². The minimum atomic E-state index is -1.08. The van der Waals surface area contributed by atoms with Gasteiger partial charge in [-0.05, 0) is 41.9 Å². The van der Waals surface area contributed by atoms with Gasteiger partial charge in [-0.1, -0.05) is 91.0 Å². The lowest BCUT2D eigenvalue weighted by Crippen LogP contribution is -2.48. The van der Waals surface area contributed by atoms with Crippen LogP contribution in [0.5, 0.6) is 0 Å². The van der Waals surface area contributed by atoms with E-state index in [0.717, 1.165) is 43.5 Å². The number of nitrogens with one attached hydrogen (secondary N) is 1. The van der Waals surface area contributed by atoms with E-state index in [4.69, 9.17) is 0 Å². The van der Waals surface area contributed by atoms with Crippen LogP contribution in [0.1, 0.15) is 29.5 Å². The van der Waals surface area contributed by atoms with Crippen molar-refractivity contribution >= 4 is 11.9 Å². The summed E-state index contributed by atoms with van der Waals surface area (Å²) in [5.74, 6) is 0.474. The van der Waals surface area contributed by atoms with Crippen LogP contribution in [-0.4, -0.2) is 41.5 Å². The van der Waals surface area contributed by atoms with Crippen molar-refractivity contribution in [3.63, 3.8) is 0 Å². The number of rotatable bonds is 7. The van der Waals surface area contributed by atoms with Crippen LogP contribution in [0.4, 0.5) is 4.79 Å². The van der Waals surface area contributed by atoms with Crippen molar-refractivity contribution in [3.05, 3.63) is 108 Å². The quantitative estimate of drug-likeness (QED) is 0.533. The van der Waals surface area contributed by atoms with Gasteiger partial charge < -0.3 is 5.32 Å². The van der Waals surface area contributed by atoms with Gasteiger partial charge in [0.15, 0.2) is 5.54 Å². The number of hydrogen-bond donors (Lipinski definition) is 1. The number of nitrogens with zero attached hydrogens (tertiary/aromatic N) is 2. The summed E-state index contributed by atoms with van der Waals surface area (Å²) in [4.78, 5) is 30.6. The van der Waals surface area contributed by atoms with E-state index in [-0.39, 0.29) is 11.9 Å². The zero-order valence-corrected chi connectivity index (χ0v) is 19.4. The molecule has 5 nitrogen and oxygen atoms in total. The summed E-state index contributed by atoms with van der Waals surface area (Å²) in [6, 6.07) is 29.8. The Morgan fingerprint density at radius 2 is 1.32 bits per heavy atom. The van der Waals surface area contributed by atoms with Crippen molar-refractivity contribution in [3.8, 4) is 0 Å². The standard InChI is InChI=1S/C29H31N3O2/c33-27-29(26-14-8-3-9-15-26,21-25-12-6-2-7-13-25)30-28(34)32(27)22-31-18-16-24(17-19-31)20-23-10-4-1-5-11-23/h1-15,24H,16-22H2,(H,30,34)/t29-/m1/s1. The fraction of sp³-hybridized carbons (Fsp3) is 0.310. The monoisotopic (exact) mass is 453 g/mol. The zero-order chi connectivity index (χ0) is 23.4. The topological polar surface area (TPSA) is 52.7 Å². The molecule has 34 heavy (non-hydrogen) atoms. The summed E-state index contributed by atoms with van der Waals surface area (Å²) in [5, 5.41) is 3.07. The maximum Gasteiger partial charge on any atom is 0.326 e. The summed E-state index contributed by atoms with van der Waals surface area (Å²) in [7, 11) is 0. The van der Waals surface area contributed by atoms with Gasteiger partial charge >= 0.3 is 6.03 Å². The van der Waals surface area contributed by atoms with Crippen LogP contribution in [0.15, 0.2) is 91.0 Å².